The number of hydrogen-bond donors (Lipinski definition) is 1. The van der Waals surface area contributed by atoms with Gasteiger partial charge in [0.15, 0.2) is 11.6 Å². The molecule has 10 heteroatoms. The quantitative estimate of drug-likeness (QED) is 0.265. The standard InChI is InChI=1S/C18H24N2O3.C16H20N2O3/c1-3-23-16(22)18-6-4-5-17(12-18,7-8-18)9-15(21)14-11-19-10-13(2)20-14;1-11-8-17-9-12(18-11)13(19)7-15-3-2-4-16(10-15,6-5-15)14(20)21/h10-11H,3-9,12H2,1-2H3;8-9H,2-7,10H2,1H3,(H,20,21). The molecular formula is C34H44N4O6. The Morgan fingerprint density at radius 1 is 0.705 bits per heavy atom. The summed E-state index contributed by atoms with van der Waals surface area (Å²) in [5, 5.41) is 9.51. The lowest BCUT2D eigenvalue weighted by molar-refractivity contribution is -0.157. The molecule has 4 unspecified atom stereocenters. The second-order valence-electron chi connectivity index (χ2n) is 13.9. The van der Waals surface area contributed by atoms with E-state index in [1.165, 1.54) is 6.20 Å². The number of fused-ring (bicyclic) bond motifs is 4. The van der Waals surface area contributed by atoms with Gasteiger partial charge in [0.25, 0.3) is 0 Å². The topological polar surface area (TPSA) is 149 Å². The molecule has 0 saturated heterocycles. The summed E-state index contributed by atoms with van der Waals surface area (Å²) in [6, 6.07) is 0. The van der Waals surface area contributed by atoms with Crippen molar-refractivity contribution in [1.29, 1.82) is 0 Å². The van der Waals surface area contributed by atoms with Crippen molar-refractivity contribution < 1.29 is 29.0 Å². The molecule has 4 saturated carbocycles. The van der Waals surface area contributed by atoms with Crippen molar-refractivity contribution in [2.75, 3.05) is 6.61 Å². The molecule has 0 aromatic carbocycles. The zero-order valence-corrected chi connectivity index (χ0v) is 26.2. The van der Waals surface area contributed by atoms with Gasteiger partial charge in [-0.3, -0.25) is 29.1 Å². The molecule has 4 bridgehead atoms. The van der Waals surface area contributed by atoms with Crippen LogP contribution in [-0.2, 0) is 14.3 Å². The van der Waals surface area contributed by atoms with Crippen LogP contribution in [0.25, 0.3) is 0 Å². The van der Waals surface area contributed by atoms with Gasteiger partial charge in [-0.1, -0.05) is 12.8 Å². The third kappa shape index (κ3) is 6.44. The largest absolute Gasteiger partial charge is 0.481 e. The number of aryl methyl sites for hydroxylation is 2. The number of Topliss-reactive ketones (excluding diaryl/α,β-unsaturated/α-hetero) is 2. The van der Waals surface area contributed by atoms with Crippen LogP contribution in [0.3, 0.4) is 0 Å². The Morgan fingerprint density at radius 3 is 1.66 bits per heavy atom. The number of nitrogens with zero attached hydrogens (tertiary/aromatic N) is 4. The third-order valence-electron chi connectivity index (χ3n) is 10.7. The Bertz CT molecular complexity index is 1450. The average Bonchev–Trinajstić information content (AvgIpc) is 3.42. The fraction of sp³-hybridized carbons (Fsp3) is 0.647. The highest BCUT2D eigenvalue weighted by molar-refractivity contribution is 5.95. The number of ketones is 2. The molecule has 2 heterocycles. The Balaban J connectivity index is 0.000000175. The minimum atomic E-state index is -0.688. The van der Waals surface area contributed by atoms with E-state index in [0.29, 0.717) is 43.7 Å². The van der Waals surface area contributed by atoms with Gasteiger partial charge in [-0.05, 0) is 95.8 Å². The molecule has 2 aromatic rings. The van der Waals surface area contributed by atoms with Gasteiger partial charge in [0, 0.05) is 25.2 Å². The molecule has 0 radical (unpaired) electrons. The molecular weight excluding hydrogens is 560 g/mol. The first-order valence-corrected chi connectivity index (χ1v) is 16.0. The number of carboxylic acids is 1. The number of ether oxygens (including phenoxy) is 1. The van der Waals surface area contributed by atoms with E-state index >= 15 is 0 Å². The summed E-state index contributed by atoms with van der Waals surface area (Å²) < 4.78 is 5.31. The molecule has 10 nitrogen and oxygen atoms in total. The lowest BCUT2D eigenvalue weighted by atomic mass is 9.67. The second-order valence-corrected chi connectivity index (χ2v) is 13.9. The lowest BCUT2D eigenvalue weighted by Crippen LogP contribution is -2.36. The van der Waals surface area contributed by atoms with Gasteiger partial charge in [-0.25, -0.2) is 9.97 Å². The molecule has 236 valence electrons. The molecule has 4 aliphatic rings. The van der Waals surface area contributed by atoms with E-state index in [-0.39, 0.29) is 33.8 Å². The van der Waals surface area contributed by atoms with Crippen molar-refractivity contribution in [2.45, 2.75) is 111 Å². The first-order valence-electron chi connectivity index (χ1n) is 16.0. The lowest BCUT2D eigenvalue weighted by Gasteiger charge is -2.37. The van der Waals surface area contributed by atoms with Crippen LogP contribution < -0.4 is 0 Å². The first kappa shape index (κ1) is 31.9. The number of carbonyl (C=O) groups is 4. The number of carboxylic acid groups (broad SMARTS) is 1. The van der Waals surface area contributed by atoms with Crippen LogP contribution in [0.4, 0.5) is 0 Å². The van der Waals surface area contributed by atoms with Gasteiger partial charge in [0.2, 0.25) is 0 Å². The molecule has 4 atom stereocenters. The summed E-state index contributed by atoms with van der Waals surface area (Å²) in [6.45, 7) is 5.92. The number of carbonyl (C=O) groups excluding carboxylic acids is 3. The maximum absolute atomic E-state index is 12.6. The van der Waals surface area contributed by atoms with Gasteiger partial charge < -0.3 is 9.84 Å². The van der Waals surface area contributed by atoms with E-state index in [1.54, 1.807) is 18.6 Å². The summed E-state index contributed by atoms with van der Waals surface area (Å²) in [5.74, 6) is -0.715. The zero-order valence-electron chi connectivity index (χ0n) is 26.2. The average molecular weight is 605 g/mol. The summed E-state index contributed by atoms with van der Waals surface area (Å²) in [6.07, 6.45) is 17.4. The van der Waals surface area contributed by atoms with E-state index in [0.717, 1.165) is 75.6 Å². The zero-order chi connectivity index (χ0) is 31.6. The Hall–Kier alpha value is -3.56. The highest BCUT2D eigenvalue weighted by Gasteiger charge is 2.57. The van der Waals surface area contributed by atoms with Crippen molar-refractivity contribution in [3.8, 4) is 0 Å². The Labute approximate surface area is 258 Å². The van der Waals surface area contributed by atoms with Crippen LogP contribution in [0.5, 0.6) is 0 Å². The van der Waals surface area contributed by atoms with Gasteiger partial charge in [0.1, 0.15) is 11.4 Å². The number of hydrogen-bond acceptors (Lipinski definition) is 9. The minimum absolute atomic E-state index is 0.00529. The predicted molar refractivity (Wildman–Crippen MR) is 161 cm³/mol. The fourth-order valence-corrected chi connectivity index (χ4v) is 8.64. The van der Waals surface area contributed by atoms with Crippen molar-refractivity contribution in [2.24, 2.45) is 21.7 Å². The van der Waals surface area contributed by atoms with E-state index in [1.807, 2.05) is 20.8 Å². The fourth-order valence-electron chi connectivity index (χ4n) is 8.64. The molecule has 6 rings (SSSR count). The molecule has 1 N–H and O–H groups in total. The van der Waals surface area contributed by atoms with Crippen molar-refractivity contribution in [1.82, 2.24) is 19.9 Å². The van der Waals surface area contributed by atoms with Crippen LogP contribution >= 0.6 is 0 Å². The van der Waals surface area contributed by atoms with Gasteiger partial charge in [0.05, 0.1) is 41.2 Å². The van der Waals surface area contributed by atoms with E-state index in [9.17, 15) is 24.3 Å². The maximum Gasteiger partial charge on any atom is 0.312 e. The molecule has 4 aliphatic carbocycles. The smallest absolute Gasteiger partial charge is 0.312 e. The maximum atomic E-state index is 12.6. The monoisotopic (exact) mass is 604 g/mol. The normalized spacial score (nSPS) is 30.2. The Morgan fingerprint density at radius 2 is 1.18 bits per heavy atom. The van der Waals surface area contributed by atoms with E-state index < -0.39 is 11.4 Å². The molecule has 0 spiro atoms. The summed E-state index contributed by atoms with van der Waals surface area (Å²) >= 11 is 0. The SMILES string of the molecule is CCOC(=O)C12CCCC(CC(=O)c3cncc(C)n3)(CC1)C2.Cc1cncc(C(=O)CC23CCCC(C(=O)O)(CC2)C3)n1. The number of aliphatic carboxylic acids is 1. The second kappa shape index (κ2) is 12.4. The predicted octanol–water partition coefficient (Wildman–Crippen LogP) is 6.04. The van der Waals surface area contributed by atoms with Crippen molar-refractivity contribution >= 4 is 23.5 Å². The van der Waals surface area contributed by atoms with Gasteiger partial charge in [-0.15, -0.1) is 0 Å². The molecule has 4 fully saturated rings. The van der Waals surface area contributed by atoms with Crippen LogP contribution in [-0.4, -0.2) is 55.2 Å². The van der Waals surface area contributed by atoms with E-state index in [4.69, 9.17) is 4.74 Å². The van der Waals surface area contributed by atoms with Gasteiger partial charge >= 0.3 is 11.9 Å². The summed E-state index contributed by atoms with van der Waals surface area (Å²) in [5.41, 5.74) is 1.19. The minimum Gasteiger partial charge on any atom is -0.481 e. The highest BCUT2D eigenvalue weighted by atomic mass is 16.5. The number of esters is 1. The molecule has 2 aromatic heterocycles. The number of rotatable bonds is 9. The van der Waals surface area contributed by atoms with Crippen LogP contribution in [0.2, 0.25) is 0 Å². The van der Waals surface area contributed by atoms with Crippen molar-refractivity contribution in [3.05, 3.63) is 47.6 Å². The van der Waals surface area contributed by atoms with Crippen LogP contribution in [0.15, 0.2) is 24.8 Å². The highest BCUT2D eigenvalue weighted by Crippen LogP contribution is 2.61. The van der Waals surface area contributed by atoms with Gasteiger partial charge in [-0.2, -0.15) is 0 Å². The van der Waals surface area contributed by atoms with Crippen LogP contribution in [0, 0.1) is 35.5 Å². The van der Waals surface area contributed by atoms with Crippen LogP contribution in [0.1, 0.15) is 129 Å². The summed E-state index contributed by atoms with van der Waals surface area (Å²) in [4.78, 5) is 65.7. The number of aromatic nitrogens is 4. The molecule has 0 aliphatic heterocycles. The Kier molecular flexibility index (Phi) is 9.01. The van der Waals surface area contributed by atoms with Crippen molar-refractivity contribution in [3.63, 3.8) is 0 Å². The molecule has 44 heavy (non-hydrogen) atoms. The van der Waals surface area contributed by atoms with E-state index in [2.05, 4.69) is 19.9 Å². The first-order chi connectivity index (χ1) is 20.9. The summed E-state index contributed by atoms with van der Waals surface area (Å²) in [7, 11) is 0. The third-order valence-corrected chi connectivity index (χ3v) is 10.7. The molecule has 0 amide bonds.